The molecule has 1 aromatic rings. The van der Waals surface area contributed by atoms with E-state index >= 15 is 0 Å². The van der Waals surface area contributed by atoms with E-state index in [9.17, 15) is 0 Å². The number of nitrogens with zero attached hydrogens (tertiary/aromatic N) is 5. The van der Waals surface area contributed by atoms with E-state index in [-0.39, 0.29) is 0 Å². The highest BCUT2D eigenvalue weighted by Gasteiger charge is 2.16. The molecule has 0 unspecified atom stereocenters. The molecule has 2 rings (SSSR count). The molecule has 1 fully saturated rings. The molecule has 1 aromatic heterocycles. The van der Waals surface area contributed by atoms with Crippen molar-refractivity contribution < 1.29 is 4.74 Å². The van der Waals surface area contributed by atoms with Gasteiger partial charge in [-0.15, -0.1) is 0 Å². The molecule has 2 N–H and O–H groups in total. The average molecular weight is 422 g/mol. The van der Waals surface area contributed by atoms with Gasteiger partial charge in [-0.3, -0.25) is 0 Å². The minimum atomic E-state index is 0.356. The van der Waals surface area contributed by atoms with Crippen LogP contribution in [0.5, 0.6) is 0 Å². The fourth-order valence-corrected chi connectivity index (χ4v) is 2.75. The predicted octanol–water partition coefficient (Wildman–Crippen LogP) is 3.89. The van der Waals surface area contributed by atoms with Crippen molar-refractivity contribution in [2.75, 3.05) is 48.5 Å². The molecular formula is C23H31N7O. The third-order valence-electron chi connectivity index (χ3n) is 4.13. The van der Waals surface area contributed by atoms with Gasteiger partial charge in [0.15, 0.2) is 0 Å². The summed E-state index contributed by atoms with van der Waals surface area (Å²) in [5.41, 5.74) is 4.86. The summed E-state index contributed by atoms with van der Waals surface area (Å²) >= 11 is 0. The molecule has 0 bridgehead atoms. The highest BCUT2D eigenvalue weighted by molar-refractivity contribution is 5.83. The van der Waals surface area contributed by atoms with Crippen molar-refractivity contribution in [1.29, 1.82) is 0 Å². The number of rotatable bonds is 11. The zero-order chi connectivity index (χ0) is 22.3. The van der Waals surface area contributed by atoms with Gasteiger partial charge in [-0.05, 0) is 25.0 Å². The summed E-state index contributed by atoms with van der Waals surface area (Å²) in [6, 6.07) is 0. The molecule has 31 heavy (non-hydrogen) atoms. The Balaban J connectivity index is 2.24. The minimum Gasteiger partial charge on any atom is -0.378 e. The Labute approximate surface area is 184 Å². The maximum Gasteiger partial charge on any atom is 0.250 e. The van der Waals surface area contributed by atoms with Crippen LogP contribution >= 0.6 is 0 Å². The number of hydrogen-bond donors (Lipinski definition) is 2. The molecule has 164 valence electrons. The van der Waals surface area contributed by atoms with E-state index in [2.05, 4.69) is 48.9 Å². The number of hydrogen-bond acceptors (Lipinski definition) is 8. The lowest BCUT2D eigenvalue weighted by Gasteiger charge is -2.27. The van der Waals surface area contributed by atoms with Crippen LogP contribution in [0.1, 0.15) is 13.8 Å². The molecule has 1 saturated heterocycles. The van der Waals surface area contributed by atoms with Crippen molar-refractivity contribution in [3.05, 3.63) is 72.9 Å². The number of anilines is 3. The molecule has 0 saturated carbocycles. The van der Waals surface area contributed by atoms with E-state index in [1.165, 1.54) is 0 Å². The van der Waals surface area contributed by atoms with Crippen LogP contribution in [0.4, 0.5) is 17.8 Å². The second-order valence-corrected chi connectivity index (χ2v) is 6.49. The lowest BCUT2D eigenvalue weighted by atomic mass is 10.2. The molecule has 0 radical (unpaired) electrons. The highest BCUT2D eigenvalue weighted by Crippen LogP contribution is 2.15. The monoisotopic (exact) mass is 421 g/mol. The first-order valence-corrected chi connectivity index (χ1v) is 10.2. The summed E-state index contributed by atoms with van der Waals surface area (Å²) in [5, 5.41) is 7.52. The van der Waals surface area contributed by atoms with Crippen LogP contribution in [0.2, 0.25) is 0 Å². The van der Waals surface area contributed by atoms with Gasteiger partial charge >= 0.3 is 0 Å². The van der Waals surface area contributed by atoms with Crippen LogP contribution in [0.25, 0.3) is 0 Å². The third-order valence-corrected chi connectivity index (χ3v) is 4.13. The van der Waals surface area contributed by atoms with E-state index in [0.29, 0.717) is 37.6 Å². The topological polar surface area (TPSA) is 87.6 Å². The number of hydrazone groups is 1. The zero-order valence-corrected chi connectivity index (χ0v) is 18.3. The lowest BCUT2D eigenvalue weighted by Crippen LogP contribution is -2.37. The first kappa shape index (κ1) is 23.8. The quantitative estimate of drug-likeness (QED) is 0.318. The van der Waals surface area contributed by atoms with Crippen molar-refractivity contribution >= 4 is 24.1 Å². The van der Waals surface area contributed by atoms with E-state index in [4.69, 9.17) is 4.74 Å². The fourth-order valence-electron chi connectivity index (χ4n) is 2.75. The number of aromatic nitrogens is 3. The van der Waals surface area contributed by atoms with E-state index in [1.807, 2.05) is 50.3 Å². The number of ether oxygens (including phenoxy) is 1. The molecule has 0 aromatic carbocycles. The van der Waals surface area contributed by atoms with Crippen molar-refractivity contribution in [2.45, 2.75) is 13.8 Å². The zero-order valence-electron chi connectivity index (χ0n) is 18.3. The fraction of sp³-hybridized carbons (Fsp3) is 0.304. The summed E-state index contributed by atoms with van der Waals surface area (Å²) in [6.45, 7) is 14.7. The SMILES string of the molecule is C=C/C=C(\C=C/C)/C=N/Nc1nc(NCC(/C=C\C)=C/C=C)nc(N2CCOCC2)n1. The van der Waals surface area contributed by atoms with E-state index < -0.39 is 0 Å². The van der Waals surface area contributed by atoms with Crippen molar-refractivity contribution in [2.24, 2.45) is 5.10 Å². The van der Waals surface area contributed by atoms with Crippen molar-refractivity contribution in [3.63, 3.8) is 0 Å². The van der Waals surface area contributed by atoms with Crippen LogP contribution in [0.15, 0.2) is 78.0 Å². The van der Waals surface area contributed by atoms with Gasteiger partial charge in [-0.25, -0.2) is 5.43 Å². The first-order valence-electron chi connectivity index (χ1n) is 10.2. The Kier molecular flexibility index (Phi) is 10.5. The largest absolute Gasteiger partial charge is 0.378 e. The lowest BCUT2D eigenvalue weighted by molar-refractivity contribution is 0.122. The summed E-state index contributed by atoms with van der Waals surface area (Å²) < 4.78 is 5.44. The molecule has 0 atom stereocenters. The molecule has 0 aliphatic carbocycles. The molecule has 2 heterocycles. The van der Waals surface area contributed by atoms with Gasteiger partial charge in [0, 0.05) is 19.6 Å². The van der Waals surface area contributed by atoms with Crippen LogP contribution in [0, 0.1) is 0 Å². The predicted molar refractivity (Wildman–Crippen MR) is 130 cm³/mol. The van der Waals surface area contributed by atoms with Crippen molar-refractivity contribution in [3.8, 4) is 0 Å². The van der Waals surface area contributed by atoms with Gasteiger partial charge < -0.3 is 15.0 Å². The van der Waals surface area contributed by atoms with Gasteiger partial charge in [0.25, 0.3) is 0 Å². The van der Waals surface area contributed by atoms with Gasteiger partial charge in [-0.1, -0.05) is 61.8 Å². The standard InChI is InChI=1S/C23H31N7O/c1-5-9-19(10-6-2)17-24-21-26-22(29-25-18-20(11-7-3)12-8-4)28-23(27-21)30-13-15-31-16-14-30/h5-12,18H,1,3,13-17H2,2,4H3,(H2,24,26,27,28,29)/b10-6-,12-8-,19-9+,20-11+,25-18+. The van der Waals surface area contributed by atoms with E-state index in [1.54, 1.807) is 18.4 Å². The Hall–Kier alpha value is -3.52. The summed E-state index contributed by atoms with van der Waals surface area (Å²) in [5.74, 6) is 1.40. The van der Waals surface area contributed by atoms with Gasteiger partial charge in [0.1, 0.15) is 0 Å². The smallest absolute Gasteiger partial charge is 0.250 e. The number of allylic oxidation sites excluding steroid dienone is 8. The third kappa shape index (κ3) is 8.39. The average Bonchev–Trinajstić information content (AvgIpc) is 2.78. The molecule has 0 amide bonds. The molecule has 1 aliphatic heterocycles. The second-order valence-electron chi connectivity index (χ2n) is 6.49. The Morgan fingerprint density at radius 2 is 1.74 bits per heavy atom. The van der Waals surface area contributed by atoms with Crippen molar-refractivity contribution in [1.82, 2.24) is 15.0 Å². The van der Waals surface area contributed by atoms with Gasteiger partial charge in [0.2, 0.25) is 17.8 Å². The summed E-state index contributed by atoms with van der Waals surface area (Å²) in [6.07, 6.45) is 16.8. The highest BCUT2D eigenvalue weighted by atomic mass is 16.5. The normalized spacial score (nSPS) is 15.7. The van der Waals surface area contributed by atoms with Crippen LogP contribution in [0.3, 0.4) is 0 Å². The van der Waals surface area contributed by atoms with Crippen LogP contribution < -0.4 is 15.6 Å². The molecule has 1 aliphatic rings. The van der Waals surface area contributed by atoms with E-state index in [0.717, 1.165) is 24.2 Å². The second kappa shape index (κ2) is 13.7. The van der Waals surface area contributed by atoms with Gasteiger partial charge in [-0.2, -0.15) is 20.1 Å². The Bertz CT molecular complexity index is 878. The number of morpholine rings is 1. The van der Waals surface area contributed by atoms with Gasteiger partial charge in [0.05, 0.1) is 19.4 Å². The summed E-state index contributed by atoms with van der Waals surface area (Å²) in [4.78, 5) is 15.6. The molecular weight excluding hydrogens is 390 g/mol. The number of nitrogens with one attached hydrogen (secondary N) is 2. The maximum absolute atomic E-state index is 5.44. The van der Waals surface area contributed by atoms with Crippen LogP contribution in [-0.2, 0) is 4.74 Å². The Morgan fingerprint density at radius 3 is 2.42 bits per heavy atom. The van der Waals surface area contributed by atoms with Crippen LogP contribution in [-0.4, -0.2) is 54.0 Å². The molecule has 8 heteroatoms. The molecule has 8 nitrogen and oxygen atoms in total. The maximum atomic E-state index is 5.44. The molecule has 0 spiro atoms. The first-order chi connectivity index (χ1) is 15.2. The summed E-state index contributed by atoms with van der Waals surface area (Å²) in [7, 11) is 0. The minimum absolute atomic E-state index is 0.356. The Morgan fingerprint density at radius 1 is 1.03 bits per heavy atom.